The van der Waals surface area contributed by atoms with Crippen LogP contribution in [0, 0.1) is 0 Å². The van der Waals surface area contributed by atoms with E-state index in [1.54, 1.807) is 0 Å². The summed E-state index contributed by atoms with van der Waals surface area (Å²) in [6.07, 6.45) is 2.32. The van der Waals surface area contributed by atoms with Crippen LogP contribution in [0.15, 0.2) is 28.7 Å². The van der Waals surface area contributed by atoms with Crippen molar-refractivity contribution in [1.29, 1.82) is 0 Å². The fraction of sp³-hybridized carbons (Fsp3) is 0.647. The predicted molar refractivity (Wildman–Crippen MR) is 93.3 cm³/mol. The van der Waals surface area contributed by atoms with Gasteiger partial charge in [0.25, 0.3) is 0 Å². The number of hydrogen-bond acceptors (Lipinski definition) is 3. The lowest BCUT2D eigenvalue weighted by Gasteiger charge is -2.48. The second kappa shape index (κ2) is 7.23. The number of nitrogens with two attached hydrogens (primary N) is 1. The Morgan fingerprint density at radius 2 is 2.00 bits per heavy atom. The van der Waals surface area contributed by atoms with Crippen LogP contribution in [0.5, 0.6) is 0 Å². The second-order valence-electron chi connectivity index (χ2n) is 6.54. The highest BCUT2D eigenvalue weighted by molar-refractivity contribution is 9.10. The molecule has 0 spiro atoms. The Morgan fingerprint density at radius 1 is 1.33 bits per heavy atom. The summed E-state index contributed by atoms with van der Waals surface area (Å²) in [4.78, 5) is 5.02. The van der Waals surface area contributed by atoms with Gasteiger partial charge in [-0.15, -0.1) is 0 Å². The van der Waals surface area contributed by atoms with Gasteiger partial charge in [-0.05, 0) is 51.4 Å². The molecule has 1 aliphatic rings. The van der Waals surface area contributed by atoms with Crippen molar-refractivity contribution in [2.75, 3.05) is 26.7 Å². The maximum absolute atomic E-state index is 6.17. The molecule has 4 heteroatoms. The van der Waals surface area contributed by atoms with Crippen molar-refractivity contribution in [3.63, 3.8) is 0 Å². The van der Waals surface area contributed by atoms with Crippen LogP contribution in [-0.4, -0.2) is 48.1 Å². The van der Waals surface area contributed by atoms with Crippen molar-refractivity contribution < 1.29 is 0 Å². The van der Waals surface area contributed by atoms with Crippen LogP contribution in [0.4, 0.5) is 0 Å². The summed E-state index contributed by atoms with van der Waals surface area (Å²) in [5.74, 6) is 0. The minimum absolute atomic E-state index is 0.147. The van der Waals surface area contributed by atoms with Crippen LogP contribution in [0.1, 0.15) is 32.3 Å². The van der Waals surface area contributed by atoms with Gasteiger partial charge in [-0.25, -0.2) is 0 Å². The monoisotopic (exact) mass is 353 g/mol. The van der Waals surface area contributed by atoms with E-state index in [-0.39, 0.29) is 5.54 Å². The zero-order valence-corrected chi connectivity index (χ0v) is 15.1. The number of hydrogen-bond donors (Lipinski definition) is 1. The second-order valence-corrected chi connectivity index (χ2v) is 7.46. The van der Waals surface area contributed by atoms with Crippen molar-refractivity contribution >= 4 is 15.9 Å². The number of likely N-dealkylation sites (tertiary alicyclic amines) is 1. The SMILES string of the molecule is CC(C)N1CCC(CN)(N(C)Cc2cccc(Br)c2)CC1. The van der Waals surface area contributed by atoms with Crippen LogP contribution in [0.25, 0.3) is 0 Å². The van der Waals surface area contributed by atoms with Crippen molar-refractivity contribution in [1.82, 2.24) is 9.80 Å². The number of nitrogens with zero attached hydrogens (tertiary/aromatic N) is 2. The van der Waals surface area contributed by atoms with E-state index >= 15 is 0 Å². The maximum atomic E-state index is 6.17. The van der Waals surface area contributed by atoms with E-state index in [4.69, 9.17) is 5.73 Å². The first kappa shape index (κ1) is 16.9. The van der Waals surface area contributed by atoms with Crippen molar-refractivity contribution in [2.24, 2.45) is 5.73 Å². The average molecular weight is 354 g/mol. The Bertz CT molecular complexity index is 453. The van der Waals surface area contributed by atoms with Gasteiger partial charge in [0.15, 0.2) is 0 Å². The molecule has 1 aromatic rings. The van der Waals surface area contributed by atoms with Gasteiger partial charge in [0, 0.05) is 42.2 Å². The smallest absolute Gasteiger partial charge is 0.0356 e. The number of benzene rings is 1. The standard InChI is InChI=1S/C17H28BrN3/c1-14(2)21-9-7-17(13-19,8-10-21)20(3)12-15-5-4-6-16(18)11-15/h4-6,11,14H,7-10,12-13,19H2,1-3H3. The van der Waals surface area contributed by atoms with E-state index in [0.717, 1.165) is 43.5 Å². The van der Waals surface area contributed by atoms with E-state index in [1.165, 1.54) is 5.56 Å². The summed E-state index contributed by atoms with van der Waals surface area (Å²) in [5.41, 5.74) is 7.66. The molecule has 2 rings (SSSR count). The number of halogens is 1. The van der Waals surface area contributed by atoms with Gasteiger partial charge < -0.3 is 10.6 Å². The van der Waals surface area contributed by atoms with E-state index < -0.39 is 0 Å². The summed E-state index contributed by atoms with van der Waals surface area (Å²) in [6.45, 7) is 8.55. The molecule has 0 amide bonds. The van der Waals surface area contributed by atoms with Crippen LogP contribution in [-0.2, 0) is 6.54 Å². The summed E-state index contributed by atoms with van der Waals surface area (Å²) >= 11 is 3.55. The zero-order valence-electron chi connectivity index (χ0n) is 13.5. The van der Waals surface area contributed by atoms with Crippen LogP contribution in [0.2, 0.25) is 0 Å². The highest BCUT2D eigenvalue weighted by Crippen LogP contribution is 2.29. The molecular formula is C17H28BrN3. The first-order valence-electron chi connectivity index (χ1n) is 7.87. The molecule has 1 saturated heterocycles. The number of rotatable bonds is 5. The molecule has 1 aromatic carbocycles. The molecule has 1 fully saturated rings. The third-order valence-electron chi connectivity index (χ3n) is 4.96. The Balaban J connectivity index is 2.03. The molecule has 0 saturated carbocycles. The van der Waals surface area contributed by atoms with Gasteiger partial charge in [-0.3, -0.25) is 4.90 Å². The number of likely N-dealkylation sites (N-methyl/N-ethyl adjacent to an activating group) is 1. The maximum Gasteiger partial charge on any atom is 0.0356 e. The Morgan fingerprint density at radius 3 is 2.52 bits per heavy atom. The van der Waals surface area contributed by atoms with Gasteiger partial charge in [-0.1, -0.05) is 28.1 Å². The third-order valence-corrected chi connectivity index (χ3v) is 5.45. The van der Waals surface area contributed by atoms with E-state index in [2.05, 4.69) is 70.9 Å². The first-order chi connectivity index (χ1) is 9.97. The topological polar surface area (TPSA) is 32.5 Å². The minimum Gasteiger partial charge on any atom is -0.329 e. The predicted octanol–water partition coefficient (Wildman–Crippen LogP) is 3.08. The molecule has 0 unspecified atom stereocenters. The molecule has 21 heavy (non-hydrogen) atoms. The molecule has 1 aliphatic heterocycles. The Labute approximate surface area is 137 Å². The van der Waals surface area contributed by atoms with Gasteiger partial charge >= 0.3 is 0 Å². The van der Waals surface area contributed by atoms with E-state index in [1.807, 2.05) is 0 Å². The van der Waals surface area contributed by atoms with Crippen molar-refractivity contribution in [2.45, 2.75) is 44.8 Å². The summed E-state index contributed by atoms with van der Waals surface area (Å²) < 4.78 is 1.14. The fourth-order valence-electron chi connectivity index (χ4n) is 3.28. The third kappa shape index (κ3) is 4.07. The van der Waals surface area contributed by atoms with Crippen molar-refractivity contribution in [3.05, 3.63) is 34.3 Å². The largest absolute Gasteiger partial charge is 0.329 e. The van der Waals surface area contributed by atoms with Crippen LogP contribution >= 0.6 is 15.9 Å². The van der Waals surface area contributed by atoms with Crippen LogP contribution < -0.4 is 5.73 Å². The zero-order chi connectivity index (χ0) is 15.5. The molecule has 3 nitrogen and oxygen atoms in total. The molecule has 2 N–H and O–H groups in total. The lowest BCUT2D eigenvalue weighted by molar-refractivity contribution is 0.0298. The Hall–Kier alpha value is -0.420. The summed E-state index contributed by atoms with van der Waals surface area (Å²) in [5, 5.41) is 0. The van der Waals surface area contributed by atoms with Gasteiger partial charge in [0.1, 0.15) is 0 Å². The molecule has 118 valence electrons. The molecular weight excluding hydrogens is 326 g/mol. The lowest BCUT2D eigenvalue weighted by atomic mass is 9.85. The van der Waals surface area contributed by atoms with Crippen molar-refractivity contribution in [3.8, 4) is 0 Å². The van der Waals surface area contributed by atoms with Crippen LogP contribution in [0.3, 0.4) is 0 Å². The minimum atomic E-state index is 0.147. The number of piperidine rings is 1. The summed E-state index contributed by atoms with van der Waals surface area (Å²) in [7, 11) is 2.22. The fourth-order valence-corrected chi connectivity index (χ4v) is 3.72. The highest BCUT2D eigenvalue weighted by atomic mass is 79.9. The molecule has 0 atom stereocenters. The molecule has 0 aliphatic carbocycles. The normalized spacial score (nSPS) is 19.4. The highest BCUT2D eigenvalue weighted by Gasteiger charge is 2.37. The molecule has 0 aromatic heterocycles. The Kier molecular flexibility index (Phi) is 5.83. The quantitative estimate of drug-likeness (QED) is 0.882. The average Bonchev–Trinajstić information content (AvgIpc) is 2.47. The van der Waals surface area contributed by atoms with Gasteiger partial charge in [0.2, 0.25) is 0 Å². The molecule has 1 heterocycles. The van der Waals surface area contributed by atoms with Gasteiger partial charge in [0.05, 0.1) is 0 Å². The summed E-state index contributed by atoms with van der Waals surface area (Å²) in [6, 6.07) is 9.20. The first-order valence-corrected chi connectivity index (χ1v) is 8.66. The van der Waals surface area contributed by atoms with E-state index in [9.17, 15) is 0 Å². The molecule has 0 radical (unpaired) electrons. The van der Waals surface area contributed by atoms with Gasteiger partial charge in [-0.2, -0.15) is 0 Å². The van der Waals surface area contributed by atoms with E-state index in [0.29, 0.717) is 6.04 Å². The lowest BCUT2D eigenvalue weighted by Crippen LogP contribution is -2.58. The molecule has 0 bridgehead atoms.